The minimum absolute atomic E-state index is 0.233. The summed E-state index contributed by atoms with van der Waals surface area (Å²) < 4.78 is 0. The first-order valence-electron chi connectivity index (χ1n) is 6.31. The molecule has 0 amide bonds. The van der Waals surface area contributed by atoms with E-state index < -0.39 is 5.60 Å². The van der Waals surface area contributed by atoms with Gasteiger partial charge in [-0.25, -0.2) is 0 Å². The summed E-state index contributed by atoms with van der Waals surface area (Å²) in [5, 5.41) is 10.8. The summed E-state index contributed by atoms with van der Waals surface area (Å²) in [6, 6.07) is 0. The monoisotopic (exact) mass is 196 g/mol. The van der Waals surface area contributed by atoms with Gasteiger partial charge in [-0.15, -0.1) is 0 Å². The van der Waals surface area contributed by atoms with Crippen LogP contribution in [0.2, 0.25) is 0 Å². The van der Waals surface area contributed by atoms with E-state index in [9.17, 15) is 5.11 Å². The number of aliphatic hydroxyl groups is 1. The Morgan fingerprint density at radius 2 is 1.36 bits per heavy atom. The van der Waals surface area contributed by atoms with Gasteiger partial charge in [-0.3, -0.25) is 0 Å². The van der Waals surface area contributed by atoms with Crippen molar-refractivity contribution in [3.8, 4) is 0 Å². The van der Waals surface area contributed by atoms with Gasteiger partial charge in [0.1, 0.15) is 0 Å². The minimum Gasteiger partial charge on any atom is -0.389 e. The van der Waals surface area contributed by atoms with Gasteiger partial charge in [0.05, 0.1) is 5.60 Å². The Labute approximate surface area is 87.9 Å². The molecule has 0 aromatic carbocycles. The molecule has 2 aliphatic carbocycles. The molecule has 0 unspecified atom stereocenters. The van der Waals surface area contributed by atoms with Gasteiger partial charge in [0.2, 0.25) is 0 Å². The van der Waals surface area contributed by atoms with Crippen LogP contribution in [0.4, 0.5) is 0 Å². The number of hydrogen-bond acceptors (Lipinski definition) is 1. The van der Waals surface area contributed by atoms with Crippen molar-refractivity contribution in [2.75, 3.05) is 0 Å². The second-order valence-corrected chi connectivity index (χ2v) is 5.57. The van der Waals surface area contributed by atoms with Gasteiger partial charge in [0, 0.05) is 5.41 Å². The lowest BCUT2D eigenvalue weighted by atomic mass is 9.64. The predicted molar refractivity (Wildman–Crippen MR) is 59.1 cm³/mol. The van der Waals surface area contributed by atoms with Crippen LogP contribution in [0, 0.1) is 17.3 Å². The van der Waals surface area contributed by atoms with E-state index in [4.69, 9.17) is 0 Å². The predicted octanol–water partition coefficient (Wildman–Crippen LogP) is 3.36. The van der Waals surface area contributed by atoms with Gasteiger partial charge in [0.15, 0.2) is 0 Å². The third-order valence-corrected chi connectivity index (χ3v) is 5.02. The molecule has 0 radical (unpaired) electrons. The SMILES string of the molecule is CCC(O)(CC)C(C)(C1CC1)C1CC1. The van der Waals surface area contributed by atoms with Crippen molar-refractivity contribution < 1.29 is 5.11 Å². The molecule has 0 atom stereocenters. The van der Waals surface area contributed by atoms with Crippen LogP contribution in [0.1, 0.15) is 59.3 Å². The third kappa shape index (κ3) is 1.32. The second-order valence-electron chi connectivity index (χ2n) is 5.57. The molecule has 0 aromatic heterocycles. The Bertz CT molecular complexity index is 197. The van der Waals surface area contributed by atoms with E-state index in [2.05, 4.69) is 20.8 Å². The van der Waals surface area contributed by atoms with E-state index in [1.54, 1.807) is 0 Å². The van der Waals surface area contributed by atoms with Gasteiger partial charge in [-0.05, 0) is 50.4 Å². The molecule has 82 valence electrons. The lowest BCUT2D eigenvalue weighted by Crippen LogP contribution is -2.48. The maximum atomic E-state index is 10.8. The number of hydrogen-bond donors (Lipinski definition) is 1. The zero-order valence-electron chi connectivity index (χ0n) is 9.84. The highest BCUT2D eigenvalue weighted by Crippen LogP contribution is 2.63. The topological polar surface area (TPSA) is 20.2 Å². The largest absolute Gasteiger partial charge is 0.389 e. The Kier molecular flexibility index (Phi) is 2.42. The zero-order valence-corrected chi connectivity index (χ0v) is 9.84. The fraction of sp³-hybridized carbons (Fsp3) is 1.00. The highest BCUT2D eigenvalue weighted by Gasteiger charge is 2.59. The van der Waals surface area contributed by atoms with Gasteiger partial charge in [-0.2, -0.15) is 0 Å². The van der Waals surface area contributed by atoms with E-state index in [0.29, 0.717) is 0 Å². The van der Waals surface area contributed by atoms with Gasteiger partial charge < -0.3 is 5.11 Å². The van der Waals surface area contributed by atoms with Gasteiger partial charge in [-0.1, -0.05) is 20.8 Å². The molecular formula is C13H24O. The number of rotatable bonds is 5. The fourth-order valence-electron chi connectivity index (χ4n) is 3.47. The molecule has 14 heavy (non-hydrogen) atoms. The Morgan fingerprint density at radius 1 is 1.00 bits per heavy atom. The van der Waals surface area contributed by atoms with Crippen molar-refractivity contribution in [3.05, 3.63) is 0 Å². The minimum atomic E-state index is -0.394. The van der Waals surface area contributed by atoms with Crippen molar-refractivity contribution >= 4 is 0 Å². The fourth-order valence-corrected chi connectivity index (χ4v) is 3.47. The molecule has 0 bridgehead atoms. The van der Waals surface area contributed by atoms with Crippen LogP contribution in [-0.2, 0) is 0 Å². The molecule has 1 heteroatoms. The van der Waals surface area contributed by atoms with Crippen LogP contribution in [0.15, 0.2) is 0 Å². The van der Waals surface area contributed by atoms with Crippen molar-refractivity contribution in [1.29, 1.82) is 0 Å². The van der Waals surface area contributed by atoms with E-state index in [1.807, 2.05) is 0 Å². The Hall–Kier alpha value is -0.0400. The second kappa shape index (κ2) is 3.23. The summed E-state index contributed by atoms with van der Waals surface area (Å²) in [5.41, 5.74) is -0.161. The molecule has 0 heterocycles. The normalized spacial score (nSPS) is 24.0. The van der Waals surface area contributed by atoms with Gasteiger partial charge in [0.25, 0.3) is 0 Å². The highest BCUT2D eigenvalue weighted by molar-refractivity contribution is 5.09. The van der Waals surface area contributed by atoms with Crippen LogP contribution in [-0.4, -0.2) is 10.7 Å². The van der Waals surface area contributed by atoms with E-state index in [-0.39, 0.29) is 5.41 Å². The maximum absolute atomic E-state index is 10.8. The summed E-state index contributed by atoms with van der Waals surface area (Å²) in [6.45, 7) is 6.65. The highest BCUT2D eigenvalue weighted by atomic mass is 16.3. The van der Waals surface area contributed by atoms with Crippen LogP contribution >= 0.6 is 0 Å². The molecule has 0 aliphatic heterocycles. The molecular weight excluding hydrogens is 172 g/mol. The standard InChI is InChI=1S/C13H24O/c1-4-13(14,5-2)12(3,10-6-7-10)11-8-9-11/h10-11,14H,4-9H2,1-3H3. The molecule has 2 rings (SSSR count). The van der Waals surface area contributed by atoms with E-state index in [1.165, 1.54) is 25.7 Å². The Balaban J connectivity index is 2.23. The van der Waals surface area contributed by atoms with Crippen molar-refractivity contribution in [2.24, 2.45) is 17.3 Å². The summed E-state index contributed by atoms with van der Waals surface area (Å²) in [4.78, 5) is 0. The molecule has 0 spiro atoms. The van der Waals surface area contributed by atoms with Crippen molar-refractivity contribution in [2.45, 2.75) is 64.9 Å². The summed E-state index contributed by atoms with van der Waals surface area (Å²) in [7, 11) is 0. The third-order valence-electron chi connectivity index (χ3n) is 5.02. The smallest absolute Gasteiger partial charge is 0.0701 e. The molecule has 2 fully saturated rings. The molecule has 2 aliphatic rings. The van der Waals surface area contributed by atoms with E-state index in [0.717, 1.165) is 24.7 Å². The average Bonchev–Trinajstić information content (AvgIpc) is 3.07. The summed E-state index contributed by atoms with van der Waals surface area (Å²) in [5.74, 6) is 1.64. The maximum Gasteiger partial charge on any atom is 0.0701 e. The zero-order chi connectivity index (χ0) is 10.4. The van der Waals surface area contributed by atoms with Crippen molar-refractivity contribution in [1.82, 2.24) is 0 Å². The molecule has 1 nitrogen and oxygen atoms in total. The lowest BCUT2D eigenvalue weighted by molar-refractivity contribution is -0.107. The van der Waals surface area contributed by atoms with Crippen LogP contribution in [0.5, 0.6) is 0 Å². The first kappa shape index (κ1) is 10.5. The van der Waals surface area contributed by atoms with Gasteiger partial charge >= 0.3 is 0 Å². The molecule has 0 aromatic rings. The Morgan fingerprint density at radius 3 is 1.57 bits per heavy atom. The molecule has 0 saturated heterocycles. The quantitative estimate of drug-likeness (QED) is 0.715. The molecule has 1 N–H and O–H groups in total. The lowest BCUT2D eigenvalue weighted by Gasteiger charge is -2.46. The van der Waals surface area contributed by atoms with E-state index >= 15 is 0 Å². The van der Waals surface area contributed by atoms with Crippen molar-refractivity contribution in [3.63, 3.8) is 0 Å². The average molecular weight is 196 g/mol. The van der Waals surface area contributed by atoms with Crippen LogP contribution in [0.3, 0.4) is 0 Å². The van der Waals surface area contributed by atoms with Crippen LogP contribution in [0.25, 0.3) is 0 Å². The first-order chi connectivity index (χ1) is 6.58. The van der Waals surface area contributed by atoms with Crippen LogP contribution < -0.4 is 0 Å². The first-order valence-corrected chi connectivity index (χ1v) is 6.31. The summed E-state index contributed by atoms with van der Waals surface area (Å²) in [6.07, 6.45) is 7.27. The summed E-state index contributed by atoms with van der Waals surface area (Å²) >= 11 is 0. The molecule has 2 saturated carbocycles.